The van der Waals surface area contributed by atoms with Gasteiger partial charge < -0.3 is 5.11 Å². The molecule has 1 aromatic heterocycles. The van der Waals surface area contributed by atoms with Crippen LogP contribution in [0.3, 0.4) is 0 Å². The lowest BCUT2D eigenvalue weighted by Gasteiger charge is -2.16. The summed E-state index contributed by atoms with van der Waals surface area (Å²) in [6.07, 6.45) is -9.10. The van der Waals surface area contributed by atoms with Crippen LogP contribution in [0, 0.1) is 0 Å². The molecule has 0 aliphatic carbocycles. The topological polar surface area (TPSA) is 50.2 Å². The molecule has 0 saturated carbocycles. The molecule has 1 rings (SSSR count). The van der Waals surface area contributed by atoms with Gasteiger partial charge in [-0.15, -0.1) is 0 Å². The Hall–Kier alpha value is -1.44. The van der Waals surface area contributed by atoms with Crippen LogP contribution in [0.4, 0.5) is 22.0 Å². The van der Waals surface area contributed by atoms with Gasteiger partial charge in [0.2, 0.25) is 0 Å². The molecular weight excluding hydrogens is 285 g/mol. The molecule has 0 bridgehead atoms. The number of alkyl halides is 5. The van der Waals surface area contributed by atoms with Crippen LogP contribution in [0.15, 0.2) is 6.20 Å². The molecule has 0 aromatic carbocycles. The van der Waals surface area contributed by atoms with Gasteiger partial charge in [0.15, 0.2) is 0 Å². The molecule has 0 spiro atoms. The molecule has 0 unspecified atom stereocenters. The van der Waals surface area contributed by atoms with Crippen molar-refractivity contribution in [3.8, 4) is 0 Å². The molecule has 0 fully saturated rings. The molecule has 0 aliphatic heterocycles. The highest BCUT2D eigenvalue weighted by Crippen LogP contribution is 2.39. The number of nitrogens with zero attached hydrogens (tertiary/aromatic N) is 1. The maximum Gasteiger partial charge on any atom is 0.419 e. The van der Waals surface area contributed by atoms with Crippen LogP contribution >= 0.6 is 11.6 Å². The summed E-state index contributed by atoms with van der Waals surface area (Å²) < 4.78 is 63.0. The van der Waals surface area contributed by atoms with Crippen molar-refractivity contribution in [3.05, 3.63) is 28.0 Å². The Bertz CT molecular complexity index is 475. The summed E-state index contributed by atoms with van der Waals surface area (Å²) in [6.45, 7) is 0. The van der Waals surface area contributed by atoms with Gasteiger partial charge in [0.1, 0.15) is 5.15 Å². The fourth-order valence-corrected chi connectivity index (χ4v) is 1.63. The molecule has 3 nitrogen and oxygen atoms in total. The first-order chi connectivity index (χ1) is 8.14. The zero-order valence-electron chi connectivity index (χ0n) is 8.43. The lowest BCUT2D eigenvalue weighted by Crippen LogP contribution is -2.16. The van der Waals surface area contributed by atoms with Gasteiger partial charge in [-0.1, -0.05) is 11.6 Å². The highest BCUT2D eigenvalue weighted by Gasteiger charge is 2.39. The smallest absolute Gasteiger partial charge is 0.419 e. The van der Waals surface area contributed by atoms with Crippen LogP contribution in [-0.4, -0.2) is 16.1 Å². The standard InChI is InChI=1S/C9H5ClF5NO2/c10-7-6(9(13,14)15)3(1-5(17)18)4(2-16-7)8(11)12/h2,8H,1H2,(H,17,18). The van der Waals surface area contributed by atoms with Crippen molar-refractivity contribution in [1.82, 2.24) is 4.98 Å². The van der Waals surface area contributed by atoms with Crippen LogP contribution in [0.1, 0.15) is 23.1 Å². The van der Waals surface area contributed by atoms with E-state index in [-0.39, 0.29) is 0 Å². The number of rotatable bonds is 3. The summed E-state index contributed by atoms with van der Waals surface area (Å²) in [7, 11) is 0. The molecule has 0 amide bonds. The zero-order valence-corrected chi connectivity index (χ0v) is 9.19. The molecule has 9 heteroatoms. The summed E-state index contributed by atoms with van der Waals surface area (Å²) >= 11 is 5.21. The number of carboxylic acid groups (broad SMARTS) is 1. The predicted molar refractivity (Wildman–Crippen MR) is 50.5 cm³/mol. The third-order valence-corrected chi connectivity index (χ3v) is 2.31. The Labute approximate surface area is 102 Å². The fraction of sp³-hybridized carbons (Fsp3) is 0.333. The lowest BCUT2D eigenvalue weighted by molar-refractivity contribution is -0.139. The first-order valence-electron chi connectivity index (χ1n) is 4.39. The third kappa shape index (κ3) is 3.06. The zero-order chi connectivity index (χ0) is 14.1. The van der Waals surface area contributed by atoms with E-state index in [0.717, 1.165) is 0 Å². The Morgan fingerprint density at radius 2 is 2.00 bits per heavy atom. The van der Waals surface area contributed by atoms with Gasteiger partial charge in [0.25, 0.3) is 6.43 Å². The molecule has 0 saturated heterocycles. The Morgan fingerprint density at radius 1 is 1.44 bits per heavy atom. The van der Waals surface area contributed by atoms with Crippen molar-refractivity contribution in [3.63, 3.8) is 0 Å². The average molecular weight is 290 g/mol. The SMILES string of the molecule is O=C(O)Cc1c(C(F)F)cnc(Cl)c1C(F)(F)F. The molecule has 1 heterocycles. The van der Waals surface area contributed by atoms with Crippen molar-refractivity contribution in [2.75, 3.05) is 0 Å². The van der Waals surface area contributed by atoms with E-state index in [1.807, 2.05) is 0 Å². The maximum atomic E-state index is 12.6. The molecule has 1 aromatic rings. The summed E-state index contributed by atoms with van der Waals surface area (Å²) in [5, 5.41) is 7.43. The average Bonchev–Trinajstić information content (AvgIpc) is 2.13. The minimum Gasteiger partial charge on any atom is -0.481 e. The predicted octanol–water partition coefficient (Wildman–Crippen LogP) is 3.32. The van der Waals surface area contributed by atoms with Gasteiger partial charge in [-0.3, -0.25) is 4.79 Å². The van der Waals surface area contributed by atoms with E-state index >= 15 is 0 Å². The Balaban J connectivity index is 3.55. The van der Waals surface area contributed by atoms with Crippen LogP contribution in [0.5, 0.6) is 0 Å². The van der Waals surface area contributed by atoms with E-state index in [4.69, 9.17) is 16.7 Å². The van der Waals surface area contributed by atoms with Crippen molar-refractivity contribution < 1.29 is 31.9 Å². The number of halogens is 6. The molecule has 0 radical (unpaired) electrons. The number of hydrogen-bond acceptors (Lipinski definition) is 2. The number of hydrogen-bond donors (Lipinski definition) is 1. The fourth-order valence-electron chi connectivity index (χ4n) is 1.36. The van der Waals surface area contributed by atoms with Gasteiger partial charge in [0.05, 0.1) is 12.0 Å². The van der Waals surface area contributed by atoms with Crippen LogP contribution in [0.25, 0.3) is 0 Å². The van der Waals surface area contributed by atoms with Crippen LogP contribution < -0.4 is 0 Å². The first kappa shape index (κ1) is 14.6. The third-order valence-electron chi connectivity index (χ3n) is 2.02. The van der Waals surface area contributed by atoms with Crippen molar-refractivity contribution in [1.29, 1.82) is 0 Å². The Morgan fingerprint density at radius 3 is 2.39 bits per heavy atom. The van der Waals surface area contributed by atoms with Gasteiger partial charge in [0, 0.05) is 11.8 Å². The number of carbonyl (C=O) groups is 1. The summed E-state index contributed by atoms with van der Waals surface area (Å²) in [5.74, 6) is -1.68. The summed E-state index contributed by atoms with van der Waals surface area (Å²) in [6, 6.07) is 0. The second-order valence-corrected chi connectivity index (χ2v) is 3.58. The monoisotopic (exact) mass is 289 g/mol. The molecule has 100 valence electrons. The molecular formula is C9H5ClF5NO2. The second-order valence-electron chi connectivity index (χ2n) is 3.23. The highest BCUT2D eigenvalue weighted by molar-refractivity contribution is 6.30. The van der Waals surface area contributed by atoms with E-state index in [9.17, 15) is 26.7 Å². The minimum absolute atomic E-state index is 0.445. The van der Waals surface area contributed by atoms with Gasteiger partial charge in [-0.25, -0.2) is 13.8 Å². The number of pyridine rings is 1. The number of aromatic nitrogens is 1. The first-order valence-corrected chi connectivity index (χ1v) is 4.76. The van der Waals surface area contributed by atoms with Crippen molar-refractivity contribution in [2.45, 2.75) is 19.0 Å². The normalized spacial score (nSPS) is 11.9. The molecule has 1 N–H and O–H groups in total. The van der Waals surface area contributed by atoms with Gasteiger partial charge in [-0.05, 0) is 5.56 Å². The van der Waals surface area contributed by atoms with E-state index in [1.165, 1.54) is 0 Å². The number of carboxylic acids is 1. The van der Waals surface area contributed by atoms with Gasteiger partial charge >= 0.3 is 12.1 Å². The maximum absolute atomic E-state index is 12.6. The number of aliphatic carboxylic acids is 1. The Kier molecular flexibility index (Phi) is 4.10. The van der Waals surface area contributed by atoms with Crippen LogP contribution in [0.2, 0.25) is 5.15 Å². The minimum atomic E-state index is -5.06. The second kappa shape index (κ2) is 5.05. The molecule has 0 atom stereocenters. The molecule has 18 heavy (non-hydrogen) atoms. The quantitative estimate of drug-likeness (QED) is 0.686. The van der Waals surface area contributed by atoms with E-state index in [1.54, 1.807) is 0 Å². The van der Waals surface area contributed by atoms with Gasteiger partial charge in [-0.2, -0.15) is 13.2 Å². The van der Waals surface area contributed by atoms with E-state index in [2.05, 4.69) is 4.98 Å². The largest absolute Gasteiger partial charge is 0.481 e. The lowest BCUT2D eigenvalue weighted by atomic mass is 10.0. The van der Waals surface area contributed by atoms with Crippen molar-refractivity contribution in [2.24, 2.45) is 0 Å². The van der Waals surface area contributed by atoms with Crippen molar-refractivity contribution >= 4 is 17.6 Å². The molecule has 0 aliphatic rings. The van der Waals surface area contributed by atoms with E-state index < -0.39 is 46.8 Å². The highest BCUT2D eigenvalue weighted by atomic mass is 35.5. The summed E-state index contributed by atoms with van der Waals surface area (Å²) in [4.78, 5) is 13.5. The van der Waals surface area contributed by atoms with Crippen LogP contribution in [-0.2, 0) is 17.4 Å². The van der Waals surface area contributed by atoms with E-state index in [0.29, 0.717) is 6.20 Å². The summed E-state index contributed by atoms with van der Waals surface area (Å²) in [5.41, 5.74) is -3.79.